The molecule has 0 atom stereocenters. The molecule has 1 heterocycles. The fraction of sp³-hybridized carbons (Fsp3) is 0.364. The number of hydrogen-bond donors (Lipinski definition) is 0. The number of nitrogens with zero attached hydrogens (tertiary/aromatic N) is 2. The Labute approximate surface area is 109 Å². The summed E-state index contributed by atoms with van der Waals surface area (Å²) in [4.78, 5) is 24.1. The zero-order chi connectivity index (χ0) is 13.7. The Morgan fingerprint density at radius 3 is 2.78 bits per heavy atom. The van der Waals surface area contributed by atoms with Crippen molar-refractivity contribution in [2.75, 3.05) is 20.7 Å². The predicted octanol–water partition coefficient (Wildman–Crippen LogP) is 2.12. The number of nitro groups is 1. The Morgan fingerprint density at radius 2 is 2.28 bits per heavy atom. The van der Waals surface area contributed by atoms with Crippen molar-refractivity contribution in [2.24, 2.45) is 0 Å². The van der Waals surface area contributed by atoms with Crippen molar-refractivity contribution in [1.29, 1.82) is 0 Å². The van der Waals surface area contributed by atoms with E-state index in [1.165, 1.54) is 12.3 Å². The number of carbonyl (C=O) groups is 1. The number of ether oxygens (including phenoxy) is 1. The van der Waals surface area contributed by atoms with E-state index in [0.29, 0.717) is 4.88 Å². The normalized spacial score (nSPS) is 11.2. The third-order valence-electron chi connectivity index (χ3n) is 1.97. The Kier molecular flexibility index (Phi) is 4.85. The molecule has 0 fully saturated rings. The van der Waals surface area contributed by atoms with E-state index in [4.69, 9.17) is 4.74 Å². The van der Waals surface area contributed by atoms with Crippen LogP contribution < -0.4 is 0 Å². The maximum Gasteiger partial charge on any atom is 0.341 e. The van der Waals surface area contributed by atoms with Gasteiger partial charge in [-0.15, -0.1) is 11.3 Å². The summed E-state index contributed by atoms with van der Waals surface area (Å²) in [5.41, 5.74) is 0.115. The van der Waals surface area contributed by atoms with Gasteiger partial charge in [-0.25, -0.2) is 4.79 Å². The average Bonchev–Trinajstić information content (AvgIpc) is 2.74. The summed E-state index contributed by atoms with van der Waals surface area (Å²) in [5, 5.41) is 12.5. The first-order chi connectivity index (χ1) is 8.47. The van der Waals surface area contributed by atoms with E-state index in [1.807, 2.05) is 0 Å². The fourth-order valence-corrected chi connectivity index (χ4v) is 2.18. The number of rotatable bonds is 5. The van der Waals surface area contributed by atoms with E-state index < -0.39 is 10.9 Å². The molecule has 0 spiro atoms. The van der Waals surface area contributed by atoms with Crippen LogP contribution in [0.15, 0.2) is 17.6 Å². The molecular weight excluding hydrogens is 256 g/mol. The van der Waals surface area contributed by atoms with E-state index in [-0.39, 0.29) is 17.9 Å². The van der Waals surface area contributed by atoms with Crippen LogP contribution in [0.1, 0.15) is 11.8 Å². The molecule has 0 aromatic carbocycles. The zero-order valence-corrected chi connectivity index (χ0v) is 11.2. The SMILES string of the molecule is CCOC(=O)/C(=C/N(C)C)c1sccc1[N+](=O)[O-]. The molecule has 0 aliphatic rings. The lowest BCUT2D eigenvalue weighted by Crippen LogP contribution is -2.11. The van der Waals surface area contributed by atoms with Crippen molar-refractivity contribution < 1.29 is 14.5 Å². The van der Waals surface area contributed by atoms with Gasteiger partial charge in [0.05, 0.1) is 17.1 Å². The molecule has 0 saturated heterocycles. The molecule has 0 radical (unpaired) electrons. The van der Waals surface area contributed by atoms with E-state index in [2.05, 4.69) is 0 Å². The molecule has 1 aromatic rings. The molecule has 0 aliphatic heterocycles. The topological polar surface area (TPSA) is 72.7 Å². The minimum Gasteiger partial charge on any atom is -0.462 e. The monoisotopic (exact) mass is 270 g/mol. The smallest absolute Gasteiger partial charge is 0.341 e. The minimum absolute atomic E-state index is 0.0823. The van der Waals surface area contributed by atoms with Crippen LogP contribution in [0.25, 0.3) is 5.57 Å². The number of hydrogen-bond acceptors (Lipinski definition) is 6. The van der Waals surface area contributed by atoms with Gasteiger partial charge >= 0.3 is 5.97 Å². The van der Waals surface area contributed by atoms with Crippen LogP contribution in [0.2, 0.25) is 0 Å². The number of carbonyl (C=O) groups excluding carboxylic acids is 1. The van der Waals surface area contributed by atoms with Crippen molar-refractivity contribution >= 4 is 28.6 Å². The Hall–Kier alpha value is -1.89. The lowest BCUT2D eigenvalue weighted by atomic mass is 10.2. The van der Waals surface area contributed by atoms with E-state index in [9.17, 15) is 14.9 Å². The Balaban J connectivity index is 3.22. The van der Waals surface area contributed by atoms with Gasteiger partial charge in [0.1, 0.15) is 4.88 Å². The lowest BCUT2D eigenvalue weighted by Gasteiger charge is -2.09. The first-order valence-corrected chi connectivity index (χ1v) is 6.13. The second-order valence-corrected chi connectivity index (χ2v) is 4.54. The van der Waals surface area contributed by atoms with Crippen molar-refractivity contribution in [2.45, 2.75) is 6.92 Å². The summed E-state index contributed by atoms with van der Waals surface area (Å²) in [7, 11) is 3.47. The van der Waals surface area contributed by atoms with Gasteiger partial charge in [-0.05, 0) is 12.3 Å². The van der Waals surface area contributed by atoms with Gasteiger partial charge in [-0.3, -0.25) is 10.1 Å². The van der Waals surface area contributed by atoms with E-state index in [0.717, 1.165) is 11.3 Å². The van der Waals surface area contributed by atoms with Gasteiger partial charge in [-0.2, -0.15) is 0 Å². The summed E-state index contributed by atoms with van der Waals surface area (Å²) in [6.07, 6.45) is 1.52. The zero-order valence-electron chi connectivity index (χ0n) is 10.4. The third kappa shape index (κ3) is 3.30. The number of thiophene rings is 1. The van der Waals surface area contributed by atoms with Gasteiger partial charge in [0.2, 0.25) is 0 Å². The van der Waals surface area contributed by atoms with E-state index >= 15 is 0 Å². The maximum atomic E-state index is 11.8. The van der Waals surface area contributed by atoms with Crippen LogP contribution in [-0.4, -0.2) is 36.5 Å². The molecule has 6 nitrogen and oxygen atoms in total. The van der Waals surface area contributed by atoms with Crippen LogP contribution in [0, 0.1) is 10.1 Å². The van der Waals surface area contributed by atoms with Gasteiger partial charge in [-0.1, -0.05) is 0 Å². The standard InChI is InChI=1S/C11H14N2O4S/c1-4-17-11(14)8(7-12(2)3)10-9(13(15)16)5-6-18-10/h5-7H,4H2,1-3H3/b8-7+. The summed E-state index contributed by atoms with van der Waals surface area (Å²) < 4.78 is 4.91. The predicted molar refractivity (Wildman–Crippen MR) is 69.3 cm³/mol. The second-order valence-electron chi connectivity index (χ2n) is 3.62. The minimum atomic E-state index is -0.559. The van der Waals surface area contributed by atoms with Crippen molar-refractivity contribution in [3.63, 3.8) is 0 Å². The highest BCUT2D eigenvalue weighted by Crippen LogP contribution is 2.32. The second kappa shape index (κ2) is 6.15. The Morgan fingerprint density at radius 1 is 1.61 bits per heavy atom. The molecule has 0 amide bonds. The summed E-state index contributed by atoms with van der Waals surface area (Å²) in [6, 6.07) is 1.38. The molecule has 0 bridgehead atoms. The highest BCUT2D eigenvalue weighted by atomic mass is 32.1. The van der Waals surface area contributed by atoms with Gasteiger partial charge in [0, 0.05) is 26.4 Å². The maximum absolute atomic E-state index is 11.8. The van der Waals surface area contributed by atoms with Crippen molar-refractivity contribution in [3.05, 3.63) is 32.6 Å². The van der Waals surface area contributed by atoms with Crippen LogP contribution >= 0.6 is 11.3 Å². The van der Waals surface area contributed by atoms with Crippen LogP contribution in [0.4, 0.5) is 5.69 Å². The van der Waals surface area contributed by atoms with Gasteiger partial charge in [0.25, 0.3) is 5.69 Å². The molecule has 0 N–H and O–H groups in total. The van der Waals surface area contributed by atoms with E-state index in [1.54, 1.807) is 31.3 Å². The quantitative estimate of drug-likeness (QED) is 0.354. The molecule has 1 rings (SSSR count). The summed E-state index contributed by atoms with van der Waals surface area (Å²) in [5.74, 6) is -0.559. The molecule has 18 heavy (non-hydrogen) atoms. The molecule has 1 aromatic heterocycles. The first-order valence-electron chi connectivity index (χ1n) is 5.25. The van der Waals surface area contributed by atoms with Crippen LogP contribution in [0.5, 0.6) is 0 Å². The van der Waals surface area contributed by atoms with Gasteiger partial charge < -0.3 is 9.64 Å². The van der Waals surface area contributed by atoms with Crippen LogP contribution in [0.3, 0.4) is 0 Å². The third-order valence-corrected chi connectivity index (χ3v) is 2.91. The fourth-order valence-electron chi connectivity index (χ4n) is 1.32. The number of esters is 1. The van der Waals surface area contributed by atoms with Crippen LogP contribution in [-0.2, 0) is 9.53 Å². The lowest BCUT2D eigenvalue weighted by molar-refractivity contribution is -0.384. The summed E-state index contributed by atoms with van der Waals surface area (Å²) >= 11 is 1.14. The molecule has 98 valence electrons. The van der Waals surface area contributed by atoms with Crippen molar-refractivity contribution in [3.8, 4) is 0 Å². The van der Waals surface area contributed by atoms with Gasteiger partial charge in [0.15, 0.2) is 0 Å². The molecular formula is C11H14N2O4S. The summed E-state index contributed by atoms with van der Waals surface area (Å²) in [6.45, 7) is 1.91. The molecule has 0 unspecified atom stereocenters. The average molecular weight is 270 g/mol. The highest BCUT2D eigenvalue weighted by Gasteiger charge is 2.24. The molecule has 0 saturated carbocycles. The molecule has 0 aliphatic carbocycles. The first kappa shape index (κ1) is 14.2. The highest BCUT2D eigenvalue weighted by molar-refractivity contribution is 7.12. The largest absolute Gasteiger partial charge is 0.462 e. The Bertz CT molecular complexity index is 479. The van der Waals surface area contributed by atoms with Crippen molar-refractivity contribution in [1.82, 2.24) is 4.90 Å². The molecule has 7 heteroatoms.